The summed E-state index contributed by atoms with van der Waals surface area (Å²) in [5.74, 6) is 0.614. The molecule has 20 heavy (non-hydrogen) atoms. The van der Waals surface area contributed by atoms with Crippen LogP contribution in [0.3, 0.4) is 0 Å². The zero-order chi connectivity index (χ0) is 13.9. The normalized spacial score (nSPS) is 21.5. The van der Waals surface area contributed by atoms with Crippen LogP contribution in [0.15, 0.2) is 47.1 Å². The van der Waals surface area contributed by atoms with Gasteiger partial charge in [0.05, 0.1) is 0 Å². The molecule has 3 heteroatoms. The van der Waals surface area contributed by atoms with Crippen LogP contribution in [-0.4, -0.2) is 12.0 Å². The zero-order valence-electron chi connectivity index (χ0n) is 11.6. The van der Waals surface area contributed by atoms with Gasteiger partial charge in [-0.05, 0) is 71.4 Å². The average Bonchev–Trinajstić information content (AvgIpc) is 2.49. The van der Waals surface area contributed by atoms with Crippen LogP contribution in [0.1, 0.15) is 29.3 Å². The van der Waals surface area contributed by atoms with Gasteiger partial charge in [-0.25, -0.2) is 0 Å². The number of hydrogen-bond donors (Lipinski definition) is 1. The van der Waals surface area contributed by atoms with Gasteiger partial charge in [-0.1, -0.05) is 24.3 Å². The van der Waals surface area contributed by atoms with Gasteiger partial charge in [0.25, 0.3) is 0 Å². The van der Waals surface area contributed by atoms with E-state index in [0.717, 1.165) is 10.9 Å². The lowest BCUT2D eigenvalue weighted by molar-refractivity contribution is 0.332. The summed E-state index contributed by atoms with van der Waals surface area (Å²) in [6.07, 6.45) is 5.32. The highest BCUT2D eigenvalue weighted by Gasteiger charge is 2.28. The summed E-state index contributed by atoms with van der Waals surface area (Å²) < 4.78 is 1.04. The molecule has 1 N–H and O–H groups in total. The van der Waals surface area contributed by atoms with E-state index in [-0.39, 0.29) is 0 Å². The topological polar surface area (TPSA) is 24.9 Å². The Labute approximate surface area is 128 Å². The Morgan fingerprint density at radius 3 is 2.85 bits per heavy atom. The molecule has 2 unspecified atom stereocenters. The number of rotatable bonds is 3. The highest BCUT2D eigenvalue weighted by Crippen LogP contribution is 2.35. The molecule has 2 aromatic rings. The summed E-state index contributed by atoms with van der Waals surface area (Å²) in [4.78, 5) is 4.52. The predicted molar refractivity (Wildman–Crippen MR) is 85.7 cm³/mol. The summed E-state index contributed by atoms with van der Waals surface area (Å²) in [6.45, 7) is 0. The first-order valence-corrected chi connectivity index (χ1v) is 7.92. The number of fused-ring (bicyclic) bond motifs is 1. The van der Waals surface area contributed by atoms with E-state index >= 15 is 0 Å². The molecule has 3 rings (SSSR count). The average molecular weight is 331 g/mol. The third-order valence-electron chi connectivity index (χ3n) is 4.22. The first-order valence-electron chi connectivity index (χ1n) is 7.13. The maximum Gasteiger partial charge on any atom is 0.0413 e. The number of benzene rings is 1. The third-order valence-corrected chi connectivity index (χ3v) is 4.69. The van der Waals surface area contributed by atoms with E-state index in [9.17, 15) is 0 Å². The number of aryl methyl sites for hydroxylation is 1. The molecule has 0 spiro atoms. The molecule has 2 atom stereocenters. The monoisotopic (exact) mass is 330 g/mol. The van der Waals surface area contributed by atoms with Crippen molar-refractivity contribution in [3.8, 4) is 0 Å². The molecular formula is C17H19BrN2. The molecule has 1 aliphatic carbocycles. The summed E-state index contributed by atoms with van der Waals surface area (Å²) in [5, 5.41) is 3.50. The standard InChI is InChI=1S/C17H19BrN2/c1-19-17-13(10-15-9-8-14(18)11-20-15)7-6-12-4-2-3-5-16(12)17/h2-5,8-9,11,13,17,19H,6-7,10H2,1H3. The van der Waals surface area contributed by atoms with Crippen molar-refractivity contribution in [3.05, 3.63) is 63.9 Å². The maximum absolute atomic E-state index is 4.52. The van der Waals surface area contributed by atoms with Crippen molar-refractivity contribution in [1.29, 1.82) is 0 Å². The van der Waals surface area contributed by atoms with Crippen LogP contribution in [0.2, 0.25) is 0 Å². The molecule has 0 amide bonds. The lowest BCUT2D eigenvalue weighted by Gasteiger charge is -2.33. The molecule has 0 radical (unpaired) electrons. The molecule has 0 saturated carbocycles. The van der Waals surface area contributed by atoms with Gasteiger partial charge in [0.15, 0.2) is 0 Å². The Balaban J connectivity index is 1.82. The zero-order valence-corrected chi connectivity index (χ0v) is 13.2. The van der Waals surface area contributed by atoms with E-state index in [1.54, 1.807) is 0 Å². The minimum atomic E-state index is 0.436. The Kier molecular flexibility index (Phi) is 4.18. The van der Waals surface area contributed by atoms with E-state index in [0.29, 0.717) is 12.0 Å². The smallest absolute Gasteiger partial charge is 0.0413 e. The predicted octanol–water partition coefficient (Wildman–Crippen LogP) is 3.91. The van der Waals surface area contributed by atoms with Crippen molar-refractivity contribution in [2.24, 2.45) is 5.92 Å². The summed E-state index contributed by atoms with van der Waals surface area (Å²) in [5.41, 5.74) is 4.13. The molecular weight excluding hydrogens is 312 g/mol. The van der Waals surface area contributed by atoms with Gasteiger partial charge in [-0.15, -0.1) is 0 Å². The molecule has 0 saturated heterocycles. The van der Waals surface area contributed by atoms with E-state index in [4.69, 9.17) is 0 Å². The SMILES string of the molecule is CNC1c2ccccc2CCC1Cc1ccc(Br)cn1. The number of halogens is 1. The fourth-order valence-electron chi connectivity index (χ4n) is 3.23. The molecule has 0 bridgehead atoms. The number of pyridine rings is 1. The van der Waals surface area contributed by atoms with Gasteiger partial charge in [0, 0.05) is 22.4 Å². The van der Waals surface area contributed by atoms with Gasteiger partial charge in [-0.3, -0.25) is 4.98 Å². The van der Waals surface area contributed by atoms with Crippen molar-refractivity contribution in [2.45, 2.75) is 25.3 Å². The van der Waals surface area contributed by atoms with Gasteiger partial charge < -0.3 is 5.32 Å². The quantitative estimate of drug-likeness (QED) is 0.922. The second kappa shape index (κ2) is 6.06. The van der Waals surface area contributed by atoms with Crippen LogP contribution in [0.25, 0.3) is 0 Å². The fourth-order valence-corrected chi connectivity index (χ4v) is 3.47. The molecule has 1 aromatic carbocycles. The molecule has 1 aromatic heterocycles. The van der Waals surface area contributed by atoms with Gasteiger partial charge in [-0.2, -0.15) is 0 Å². The largest absolute Gasteiger partial charge is 0.313 e. The first-order chi connectivity index (χ1) is 9.78. The Morgan fingerprint density at radius 2 is 2.10 bits per heavy atom. The molecule has 0 fully saturated rings. The molecule has 0 aliphatic heterocycles. The highest BCUT2D eigenvalue weighted by atomic mass is 79.9. The minimum absolute atomic E-state index is 0.436. The molecule has 1 heterocycles. The first kappa shape index (κ1) is 13.8. The summed E-state index contributed by atoms with van der Waals surface area (Å²) in [6, 6.07) is 13.4. The fraction of sp³-hybridized carbons (Fsp3) is 0.353. The second-order valence-corrected chi connectivity index (χ2v) is 6.35. The van der Waals surface area contributed by atoms with Gasteiger partial charge in [0.1, 0.15) is 0 Å². The van der Waals surface area contributed by atoms with Gasteiger partial charge >= 0.3 is 0 Å². The van der Waals surface area contributed by atoms with Crippen molar-refractivity contribution < 1.29 is 0 Å². The highest BCUT2D eigenvalue weighted by molar-refractivity contribution is 9.10. The van der Waals surface area contributed by atoms with Crippen LogP contribution in [0, 0.1) is 5.92 Å². The van der Waals surface area contributed by atoms with E-state index in [1.165, 1.54) is 29.7 Å². The van der Waals surface area contributed by atoms with E-state index in [1.807, 2.05) is 6.20 Å². The second-order valence-electron chi connectivity index (χ2n) is 5.44. The van der Waals surface area contributed by atoms with Gasteiger partial charge in [0.2, 0.25) is 0 Å². The summed E-state index contributed by atoms with van der Waals surface area (Å²) >= 11 is 3.44. The van der Waals surface area contributed by atoms with Crippen LogP contribution in [0.4, 0.5) is 0 Å². The Hall–Kier alpha value is -1.19. The summed E-state index contributed by atoms with van der Waals surface area (Å²) in [7, 11) is 2.06. The van der Waals surface area contributed by atoms with Crippen molar-refractivity contribution in [1.82, 2.24) is 10.3 Å². The lowest BCUT2D eigenvalue weighted by atomic mass is 9.77. The van der Waals surface area contributed by atoms with Crippen molar-refractivity contribution >= 4 is 15.9 Å². The van der Waals surface area contributed by atoms with Crippen LogP contribution in [0.5, 0.6) is 0 Å². The molecule has 104 valence electrons. The van der Waals surface area contributed by atoms with Crippen molar-refractivity contribution in [2.75, 3.05) is 7.05 Å². The number of nitrogens with one attached hydrogen (secondary N) is 1. The number of nitrogens with zero attached hydrogens (tertiary/aromatic N) is 1. The van der Waals surface area contributed by atoms with Crippen LogP contribution >= 0.6 is 15.9 Å². The number of aromatic nitrogens is 1. The van der Waals surface area contributed by atoms with Crippen LogP contribution in [-0.2, 0) is 12.8 Å². The molecule has 2 nitrogen and oxygen atoms in total. The number of hydrogen-bond acceptors (Lipinski definition) is 2. The van der Waals surface area contributed by atoms with E-state index in [2.05, 4.69) is 69.7 Å². The lowest BCUT2D eigenvalue weighted by Crippen LogP contribution is -2.31. The van der Waals surface area contributed by atoms with Crippen molar-refractivity contribution in [3.63, 3.8) is 0 Å². The minimum Gasteiger partial charge on any atom is -0.313 e. The Morgan fingerprint density at radius 1 is 1.25 bits per heavy atom. The molecule has 1 aliphatic rings. The van der Waals surface area contributed by atoms with Crippen LogP contribution < -0.4 is 5.32 Å². The van der Waals surface area contributed by atoms with E-state index < -0.39 is 0 Å². The maximum atomic E-state index is 4.52. The third kappa shape index (κ3) is 2.79. The Bertz CT molecular complexity index is 580.